The SMILES string of the molecule is CC1(C)OC2C(=CC(=O)[C@H](Cc3ccccc3)NC(=O)OCc3ccccc3)[C@@H](COC(=O)c3ccccc3)O[C@@H]2O1.CC1(C)OC2[C@H](O[C@H](COC(=O)c3ccccc3)[C@@H]2CC(=O)[C@H](Cc2ccccc2)NC(=O)OCc2ccccc2)O1. The van der Waals surface area contributed by atoms with Gasteiger partial charge in [-0.25, -0.2) is 19.2 Å². The van der Waals surface area contributed by atoms with E-state index in [4.69, 9.17) is 47.4 Å². The van der Waals surface area contributed by atoms with Gasteiger partial charge in [0.05, 0.1) is 23.2 Å². The van der Waals surface area contributed by atoms with Gasteiger partial charge in [-0.1, -0.05) is 158 Å². The monoisotopic (exact) mass is 1140 g/mol. The minimum atomic E-state index is -0.940. The number of carbonyl (C=O) groups excluding carboxylic acids is 6. The molecule has 2 amide bonds. The predicted octanol–water partition coefficient (Wildman–Crippen LogP) is 9.59. The van der Waals surface area contributed by atoms with Crippen LogP contribution >= 0.6 is 0 Å². The highest BCUT2D eigenvalue weighted by Gasteiger charge is 2.56. The molecule has 18 heteroatoms. The summed E-state index contributed by atoms with van der Waals surface area (Å²) in [5.41, 5.74) is 4.67. The van der Waals surface area contributed by atoms with Crippen LogP contribution in [0.3, 0.4) is 0 Å². The fourth-order valence-corrected chi connectivity index (χ4v) is 10.1. The van der Waals surface area contributed by atoms with Crippen LogP contribution in [-0.2, 0) is 83.0 Å². The molecule has 6 aromatic carbocycles. The molecular weight excluding hydrogens is 1080 g/mol. The van der Waals surface area contributed by atoms with Crippen LogP contribution in [-0.4, -0.2) is 110 Å². The van der Waals surface area contributed by atoms with Gasteiger partial charge in [-0.2, -0.15) is 0 Å². The lowest BCUT2D eigenvalue weighted by Crippen LogP contribution is -2.45. The average Bonchev–Trinajstić information content (AvgIpc) is 3.68. The summed E-state index contributed by atoms with van der Waals surface area (Å²) in [6, 6.07) is 52.8. The third-order valence-electron chi connectivity index (χ3n) is 14.2. The molecule has 0 aliphatic carbocycles. The van der Waals surface area contributed by atoms with Gasteiger partial charge in [0, 0.05) is 18.8 Å². The second-order valence-corrected chi connectivity index (χ2v) is 21.4. The van der Waals surface area contributed by atoms with Gasteiger partial charge in [0.2, 0.25) is 0 Å². The van der Waals surface area contributed by atoms with Crippen LogP contribution in [0.4, 0.5) is 9.59 Å². The number of rotatable bonds is 21. The number of esters is 2. The minimum Gasteiger partial charge on any atom is -0.459 e. The molecule has 0 spiro atoms. The Bertz CT molecular complexity index is 3180. The molecule has 18 nitrogen and oxygen atoms in total. The Morgan fingerprint density at radius 3 is 1.43 bits per heavy atom. The Morgan fingerprint density at radius 1 is 0.488 bits per heavy atom. The number of ether oxygens (including phenoxy) is 10. The number of ketones is 2. The fraction of sp³-hybridized carbons (Fsp3) is 0.333. The minimum absolute atomic E-state index is 0.00459. The first kappa shape index (κ1) is 60.2. The summed E-state index contributed by atoms with van der Waals surface area (Å²) in [4.78, 5) is 78.4. The molecule has 4 saturated heterocycles. The number of benzene rings is 6. The summed E-state index contributed by atoms with van der Waals surface area (Å²) in [6.07, 6.45) is -3.65. The van der Waals surface area contributed by atoms with Crippen molar-refractivity contribution >= 4 is 35.7 Å². The fourth-order valence-electron chi connectivity index (χ4n) is 10.1. The lowest BCUT2D eigenvalue weighted by atomic mass is 9.89. The summed E-state index contributed by atoms with van der Waals surface area (Å²) in [7, 11) is 0. The summed E-state index contributed by atoms with van der Waals surface area (Å²) >= 11 is 0. The van der Waals surface area contributed by atoms with Crippen molar-refractivity contribution < 1.29 is 76.1 Å². The molecule has 9 atom stereocenters. The normalized spacial score (nSPS) is 22.6. The molecule has 438 valence electrons. The first-order valence-electron chi connectivity index (χ1n) is 27.8. The molecular formula is C66H68N2O16. The molecule has 0 aromatic heterocycles. The smallest absolute Gasteiger partial charge is 0.408 e. The van der Waals surface area contributed by atoms with Crippen molar-refractivity contribution in [3.63, 3.8) is 0 Å². The van der Waals surface area contributed by atoms with Crippen molar-refractivity contribution in [3.8, 4) is 0 Å². The van der Waals surface area contributed by atoms with E-state index < -0.39 is 90.7 Å². The third-order valence-corrected chi connectivity index (χ3v) is 14.2. The zero-order chi connectivity index (χ0) is 59.1. The number of hydrogen-bond donors (Lipinski definition) is 2. The summed E-state index contributed by atoms with van der Waals surface area (Å²) < 4.78 is 58.0. The highest BCUT2D eigenvalue weighted by Crippen LogP contribution is 2.43. The van der Waals surface area contributed by atoms with E-state index >= 15 is 0 Å². The molecule has 4 fully saturated rings. The molecule has 2 N–H and O–H groups in total. The maximum absolute atomic E-state index is 13.8. The van der Waals surface area contributed by atoms with Crippen LogP contribution in [0.15, 0.2) is 194 Å². The van der Waals surface area contributed by atoms with Crippen molar-refractivity contribution in [2.45, 2.75) is 121 Å². The second-order valence-electron chi connectivity index (χ2n) is 21.4. The van der Waals surface area contributed by atoms with Crippen LogP contribution in [0.25, 0.3) is 0 Å². The van der Waals surface area contributed by atoms with E-state index in [1.807, 2.05) is 127 Å². The molecule has 84 heavy (non-hydrogen) atoms. The molecule has 4 aliphatic rings. The van der Waals surface area contributed by atoms with Gasteiger partial charge >= 0.3 is 24.1 Å². The van der Waals surface area contributed by atoms with E-state index in [2.05, 4.69) is 10.6 Å². The zero-order valence-electron chi connectivity index (χ0n) is 47.1. The second kappa shape index (κ2) is 28.3. The van der Waals surface area contributed by atoms with Crippen molar-refractivity contribution in [1.82, 2.24) is 10.6 Å². The van der Waals surface area contributed by atoms with Crippen molar-refractivity contribution in [3.05, 3.63) is 227 Å². The summed E-state index contributed by atoms with van der Waals surface area (Å²) in [5.74, 6) is -3.94. The van der Waals surface area contributed by atoms with Crippen molar-refractivity contribution in [2.24, 2.45) is 5.92 Å². The number of Topliss-reactive ketones (excluding diaryl/α,β-unsaturated/α-hetero) is 1. The largest absolute Gasteiger partial charge is 0.459 e. The topological polar surface area (TPSA) is 219 Å². The van der Waals surface area contributed by atoms with E-state index in [9.17, 15) is 28.8 Å². The number of nitrogens with one attached hydrogen (secondary N) is 2. The van der Waals surface area contributed by atoms with E-state index in [1.165, 1.54) is 6.08 Å². The van der Waals surface area contributed by atoms with Gasteiger partial charge < -0.3 is 58.0 Å². The highest BCUT2D eigenvalue weighted by atomic mass is 16.8. The van der Waals surface area contributed by atoms with E-state index in [1.54, 1.807) is 82.3 Å². The number of carbonyl (C=O) groups is 6. The molecule has 6 aromatic rings. The Hall–Kier alpha value is -8.36. The van der Waals surface area contributed by atoms with Crippen LogP contribution < -0.4 is 10.6 Å². The third kappa shape index (κ3) is 16.9. The van der Waals surface area contributed by atoms with Crippen LogP contribution in [0, 0.1) is 5.92 Å². The van der Waals surface area contributed by atoms with Gasteiger partial charge in [0.25, 0.3) is 0 Å². The number of fused-ring (bicyclic) bond motifs is 2. The van der Waals surface area contributed by atoms with E-state index in [0.717, 1.165) is 22.3 Å². The lowest BCUT2D eigenvalue weighted by molar-refractivity contribution is -0.213. The Kier molecular flexibility index (Phi) is 20.3. The molecule has 4 heterocycles. The van der Waals surface area contributed by atoms with Gasteiger partial charge in [0.1, 0.15) is 50.8 Å². The number of alkyl carbamates (subject to hydrolysis) is 2. The molecule has 2 unspecified atom stereocenters. The van der Waals surface area contributed by atoms with E-state index in [-0.39, 0.29) is 57.3 Å². The molecule has 0 saturated carbocycles. The Morgan fingerprint density at radius 2 is 0.917 bits per heavy atom. The van der Waals surface area contributed by atoms with Crippen molar-refractivity contribution in [2.75, 3.05) is 13.2 Å². The predicted molar refractivity (Wildman–Crippen MR) is 304 cm³/mol. The van der Waals surface area contributed by atoms with Gasteiger partial charge in [-0.3, -0.25) is 9.59 Å². The van der Waals surface area contributed by atoms with E-state index in [0.29, 0.717) is 16.7 Å². The quantitative estimate of drug-likeness (QED) is 0.0389. The molecule has 10 rings (SSSR count). The average molecular weight is 1150 g/mol. The molecule has 0 bridgehead atoms. The number of hydrogen-bond acceptors (Lipinski definition) is 16. The maximum Gasteiger partial charge on any atom is 0.408 e. The molecule has 0 radical (unpaired) electrons. The van der Waals surface area contributed by atoms with Gasteiger partial charge in [0.15, 0.2) is 35.7 Å². The standard InChI is InChI=1S/C33H35NO8.C33H33NO8/c2*1-33(2)41-29-25(28(40-31(29)42-33)21-38-30(36)24-16-10-5-11-17-24)19-27(35)26(18-22-12-6-3-7-13-22)34-32(37)39-20-23-14-8-4-9-15-23/h3-17,25-26,28-29,31H,18-21H2,1-2H3,(H,34,37);3-17,19,26,28-29,31H,18,20-21H2,1-2H3,(H,34,37)/t25-,26-,28+,29?,31+;26-,28+,29?,31+/m00/s1. The van der Waals surface area contributed by atoms with Crippen LogP contribution in [0.1, 0.15) is 77.1 Å². The first-order chi connectivity index (χ1) is 40.5. The summed E-state index contributed by atoms with van der Waals surface area (Å²) in [6.45, 7) is 6.97. The lowest BCUT2D eigenvalue weighted by Gasteiger charge is -2.26. The Labute approximate surface area is 487 Å². The zero-order valence-corrected chi connectivity index (χ0v) is 47.1. The van der Waals surface area contributed by atoms with Gasteiger partial charge in [-0.15, -0.1) is 0 Å². The van der Waals surface area contributed by atoms with Crippen molar-refractivity contribution in [1.29, 1.82) is 0 Å². The van der Waals surface area contributed by atoms with Crippen LogP contribution in [0.2, 0.25) is 0 Å². The van der Waals surface area contributed by atoms with Gasteiger partial charge in [-0.05, 0) is 92.3 Å². The maximum atomic E-state index is 13.8. The number of amides is 2. The Balaban J connectivity index is 0.000000202. The van der Waals surface area contributed by atoms with Crippen LogP contribution in [0.5, 0.6) is 0 Å². The first-order valence-corrected chi connectivity index (χ1v) is 27.8. The molecule has 4 aliphatic heterocycles. The summed E-state index contributed by atoms with van der Waals surface area (Å²) in [5, 5.41) is 5.48. The highest BCUT2D eigenvalue weighted by molar-refractivity contribution is 5.97.